The molecule has 0 aromatic rings. The third-order valence-electron chi connectivity index (χ3n) is 15.3. The van der Waals surface area contributed by atoms with Crippen molar-refractivity contribution in [2.24, 2.45) is 0 Å². The van der Waals surface area contributed by atoms with Crippen molar-refractivity contribution in [1.82, 2.24) is 10.2 Å². The van der Waals surface area contributed by atoms with Crippen LogP contribution in [0.15, 0.2) is 0 Å². The molecular formula is C60H120N2O9. The fraction of sp³-hybridized carbons (Fsp3) is 0.983. The number of hydrogen-bond donors (Lipinski definition) is 7. The molecule has 1 aliphatic rings. The zero-order valence-corrected chi connectivity index (χ0v) is 46.9. The number of unbranched alkanes of at least 4 members (excludes halogenated alkanes) is 37. The molecule has 71 heavy (non-hydrogen) atoms. The van der Waals surface area contributed by atoms with Crippen molar-refractivity contribution in [2.45, 2.75) is 346 Å². The van der Waals surface area contributed by atoms with E-state index in [2.05, 4.69) is 31.0 Å². The number of hydrogen-bond acceptors (Lipinski definition) is 10. The summed E-state index contributed by atoms with van der Waals surface area (Å²) in [5.74, 6) is -0.250. The summed E-state index contributed by atoms with van der Waals surface area (Å²) in [4.78, 5) is 16.0. The second kappa shape index (κ2) is 50.0. The summed E-state index contributed by atoms with van der Waals surface area (Å²) >= 11 is 0. The molecule has 0 aliphatic carbocycles. The molecule has 0 spiro atoms. The van der Waals surface area contributed by atoms with Crippen LogP contribution in [0.3, 0.4) is 0 Å². The van der Waals surface area contributed by atoms with Gasteiger partial charge in [-0.2, -0.15) is 0 Å². The fourth-order valence-corrected chi connectivity index (χ4v) is 10.4. The summed E-state index contributed by atoms with van der Waals surface area (Å²) in [5, 5.41) is 65.8. The Morgan fingerprint density at radius 3 is 1.18 bits per heavy atom. The monoisotopic (exact) mass is 1010 g/mol. The molecule has 0 saturated carbocycles. The highest BCUT2D eigenvalue weighted by Crippen LogP contribution is 2.23. The van der Waals surface area contributed by atoms with E-state index >= 15 is 0 Å². The van der Waals surface area contributed by atoms with E-state index in [4.69, 9.17) is 9.47 Å². The Kier molecular flexibility index (Phi) is 47.9. The number of amides is 1. The SMILES string of the molecule is CCCCCCCCCCCCCCC[C@@H](O)[C@@H](O)[C@H](CO[C@H]1O[C@H](CO)[C@H](O)[C@H](O)[C@H]1O)NC(=O)CCCCCCCCCCN(CCCCCCCCCCCC)CCCCCCCCCCCC. The highest BCUT2D eigenvalue weighted by atomic mass is 16.7. The van der Waals surface area contributed by atoms with E-state index < -0.39 is 55.6 Å². The fourth-order valence-electron chi connectivity index (χ4n) is 10.4. The van der Waals surface area contributed by atoms with Gasteiger partial charge in [0.05, 0.1) is 25.4 Å². The number of carbonyl (C=O) groups excluding carboxylic acids is 1. The van der Waals surface area contributed by atoms with Crippen LogP contribution >= 0.6 is 0 Å². The molecule has 1 rings (SSSR count). The van der Waals surface area contributed by atoms with Crippen molar-refractivity contribution in [1.29, 1.82) is 0 Å². The Labute approximate surface area is 438 Å². The van der Waals surface area contributed by atoms with Crippen molar-refractivity contribution in [3.63, 3.8) is 0 Å². The first-order valence-electron chi connectivity index (χ1n) is 31.0. The van der Waals surface area contributed by atoms with Gasteiger partial charge in [-0.3, -0.25) is 4.79 Å². The number of nitrogens with zero attached hydrogens (tertiary/aromatic N) is 1. The summed E-state index contributed by atoms with van der Waals surface area (Å²) < 4.78 is 11.3. The van der Waals surface area contributed by atoms with Crippen LogP contribution in [0, 0.1) is 0 Å². The van der Waals surface area contributed by atoms with Gasteiger partial charge < -0.3 is 50.3 Å². The zero-order chi connectivity index (χ0) is 51.8. The van der Waals surface area contributed by atoms with Crippen LogP contribution in [0.4, 0.5) is 0 Å². The highest BCUT2D eigenvalue weighted by molar-refractivity contribution is 5.76. The van der Waals surface area contributed by atoms with E-state index in [9.17, 15) is 35.4 Å². The number of ether oxygens (including phenoxy) is 2. The minimum Gasteiger partial charge on any atom is -0.394 e. The minimum atomic E-state index is -1.61. The molecule has 1 amide bonds. The first kappa shape index (κ1) is 68.1. The number of aliphatic hydroxyl groups is 6. The zero-order valence-electron chi connectivity index (χ0n) is 46.9. The van der Waals surface area contributed by atoms with Crippen LogP contribution < -0.4 is 5.32 Å². The molecule has 1 saturated heterocycles. The van der Waals surface area contributed by atoms with E-state index in [1.165, 1.54) is 232 Å². The third-order valence-corrected chi connectivity index (χ3v) is 15.3. The van der Waals surface area contributed by atoms with Crippen molar-refractivity contribution in [3.05, 3.63) is 0 Å². The molecule has 1 heterocycles. The Morgan fingerprint density at radius 1 is 0.479 bits per heavy atom. The van der Waals surface area contributed by atoms with E-state index in [-0.39, 0.29) is 18.9 Å². The van der Waals surface area contributed by atoms with Gasteiger partial charge in [-0.15, -0.1) is 0 Å². The summed E-state index contributed by atoms with van der Waals surface area (Å²) in [6.45, 7) is 9.67. The molecule has 424 valence electrons. The number of aliphatic hydroxyl groups excluding tert-OH is 6. The van der Waals surface area contributed by atoms with Crippen molar-refractivity contribution in [3.8, 4) is 0 Å². The molecule has 0 unspecified atom stereocenters. The summed E-state index contributed by atoms with van der Waals surface area (Å²) in [5.41, 5.74) is 0. The van der Waals surface area contributed by atoms with E-state index in [1.54, 1.807) is 0 Å². The van der Waals surface area contributed by atoms with E-state index in [1.807, 2.05) is 0 Å². The average molecular weight is 1010 g/mol. The lowest BCUT2D eigenvalue weighted by atomic mass is 9.98. The van der Waals surface area contributed by atoms with Crippen molar-refractivity contribution < 1.29 is 44.9 Å². The lowest BCUT2D eigenvalue weighted by Gasteiger charge is -2.40. The van der Waals surface area contributed by atoms with E-state index in [0.29, 0.717) is 6.42 Å². The molecule has 0 aromatic heterocycles. The van der Waals surface area contributed by atoms with Gasteiger partial charge in [-0.05, 0) is 51.7 Å². The Balaban J connectivity index is 2.46. The summed E-state index contributed by atoms with van der Waals surface area (Å²) in [6, 6.07) is -0.993. The Hall–Kier alpha value is -0.890. The standard InChI is InChI=1S/C60H120N2O9/c1-4-7-10-13-16-19-22-23-24-25-30-35-40-45-53(64)56(66)52(51-70-60-59(69)58(68)57(67)54(50-63)71-60)61-55(65)46-41-36-31-26-29-34-39-44-49-62(47-42-37-32-27-20-17-14-11-8-5-2)48-43-38-33-28-21-18-15-12-9-6-3/h52-54,56-60,63-64,66-69H,4-51H2,1-3H3,(H,61,65)/t52-,53+,54+,56-,57-,58-,59+,60-/m0/s1. The van der Waals surface area contributed by atoms with Crippen LogP contribution in [0.5, 0.6) is 0 Å². The van der Waals surface area contributed by atoms with Gasteiger partial charge in [-0.25, -0.2) is 0 Å². The van der Waals surface area contributed by atoms with Gasteiger partial charge in [0.15, 0.2) is 6.29 Å². The lowest BCUT2D eigenvalue weighted by Crippen LogP contribution is -2.60. The van der Waals surface area contributed by atoms with Crippen LogP contribution in [-0.2, 0) is 14.3 Å². The largest absolute Gasteiger partial charge is 0.394 e. The first-order chi connectivity index (χ1) is 34.7. The van der Waals surface area contributed by atoms with Crippen molar-refractivity contribution >= 4 is 5.91 Å². The molecule has 8 atom stereocenters. The summed E-state index contributed by atoms with van der Waals surface area (Å²) in [6.07, 6.45) is 43.3. The Bertz CT molecular complexity index is 1100. The van der Waals surface area contributed by atoms with Crippen LogP contribution in [0.25, 0.3) is 0 Å². The predicted molar refractivity (Wildman–Crippen MR) is 296 cm³/mol. The topological polar surface area (TPSA) is 172 Å². The highest BCUT2D eigenvalue weighted by Gasteiger charge is 2.44. The Morgan fingerprint density at radius 2 is 0.817 bits per heavy atom. The molecule has 7 N–H and O–H groups in total. The van der Waals surface area contributed by atoms with Gasteiger partial charge in [0, 0.05) is 6.42 Å². The van der Waals surface area contributed by atoms with Crippen LogP contribution in [0.2, 0.25) is 0 Å². The number of nitrogens with one attached hydrogen (secondary N) is 1. The predicted octanol–water partition coefficient (Wildman–Crippen LogP) is 13.1. The smallest absolute Gasteiger partial charge is 0.220 e. The van der Waals surface area contributed by atoms with Crippen LogP contribution in [-0.4, -0.2) is 123 Å². The van der Waals surface area contributed by atoms with Gasteiger partial charge in [0.2, 0.25) is 5.91 Å². The molecule has 11 heteroatoms. The quantitative estimate of drug-likeness (QED) is 0.0291. The minimum absolute atomic E-state index is 0.250. The molecule has 0 bridgehead atoms. The average Bonchev–Trinajstić information content (AvgIpc) is 3.37. The molecule has 1 fully saturated rings. The van der Waals surface area contributed by atoms with Gasteiger partial charge in [-0.1, -0.05) is 258 Å². The maximum Gasteiger partial charge on any atom is 0.220 e. The van der Waals surface area contributed by atoms with Crippen molar-refractivity contribution in [2.75, 3.05) is 32.8 Å². The molecular weight excluding hydrogens is 893 g/mol. The maximum absolute atomic E-state index is 13.2. The number of rotatable bonds is 54. The lowest BCUT2D eigenvalue weighted by molar-refractivity contribution is -0.303. The summed E-state index contributed by atoms with van der Waals surface area (Å²) in [7, 11) is 0. The second-order valence-corrected chi connectivity index (χ2v) is 22.1. The van der Waals surface area contributed by atoms with Gasteiger partial charge in [0.1, 0.15) is 30.5 Å². The number of carbonyl (C=O) groups is 1. The maximum atomic E-state index is 13.2. The third kappa shape index (κ3) is 38.3. The first-order valence-corrected chi connectivity index (χ1v) is 31.0. The molecule has 0 radical (unpaired) electrons. The normalized spacial score (nSPS) is 19.7. The molecule has 11 nitrogen and oxygen atoms in total. The van der Waals surface area contributed by atoms with E-state index in [0.717, 1.165) is 51.4 Å². The molecule has 1 aliphatic heterocycles. The van der Waals surface area contributed by atoms with Crippen LogP contribution in [0.1, 0.15) is 297 Å². The van der Waals surface area contributed by atoms with Gasteiger partial charge >= 0.3 is 0 Å². The van der Waals surface area contributed by atoms with Gasteiger partial charge in [0.25, 0.3) is 0 Å². The second-order valence-electron chi connectivity index (χ2n) is 22.1. The molecule has 0 aromatic carbocycles.